The summed E-state index contributed by atoms with van der Waals surface area (Å²) in [5.74, 6) is 1.19. The second-order valence-electron chi connectivity index (χ2n) is 3.49. The van der Waals surface area contributed by atoms with Gasteiger partial charge in [-0.05, 0) is 24.0 Å². The van der Waals surface area contributed by atoms with E-state index in [1.165, 1.54) is 16.7 Å². The molecule has 0 aliphatic rings. The predicted octanol–water partition coefficient (Wildman–Crippen LogP) is 3.86. The van der Waals surface area contributed by atoms with Crippen molar-refractivity contribution in [3.8, 4) is 0 Å². The second-order valence-corrected chi connectivity index (χ2v) is 3.76. The maximum absolute atomic E-state index is 5.85. The van der Waals surface area contributed by atoms with Crippen LogP contribution in [-0.4, -0.2) is 0 Å². The molecule has 1 aromatic carbocycles. The maximum atomic E-state index is 5.85. The summed E-state index contributed by atoms with van der Waals surface area (Å²) in [5, 5.41) is 0. The van der Waals surface area contributed by atoms with Crippen LogP contribution in [-0.2, 0) is 5.88 Å². The first-order valence-electron chi connectivity index (χ1n) is 4.30. The third kappa shape index (κ3) is 2.01. The maximum Gasteiger partial charge on any atom is 0.0476 e. The summed E-state index contributed by atoms with van der Waals surface area (Å²) >= 11 is 5.85. The third-order valence-electron chi connectivity index (χ3n) is 2.06. The topological polar surface area (TPSA) is 0 Å². The molecule has 0 unspecified atom stereocenters. The zero-order chi connectivity index (χ0) is 9.14. The van der Waals surface area contributed by atoms with Gasteiger partial charge in [0.1, 0.15) is 0 Å². The van der Waals surface area contributed by atoms with Crippen LogP contribution in [0.5, 0.6) is 0 Å². The molecule has 0 N–H and O–H groups in total. The van der Waals surface area contributed by atoms with Gasteiger partial charge >= 0.3 is 0 Å². The second kappa shape index (κ2) is 3.95. The monoisotopic (exact) mass is 182 g/mol. The summed E-state index contributed by atoms with van der Waals surface area (Å²) in [6.45, 7) is 6.49. The normalized spacial score (nSPS) is 10.8. The van der Waals surface area contributed by atoms with Crippen LogP contribution in [0.4, 0.5) is 0 Å². The molecule has 0 nitrogen and oxygen atoms in total. The Balaban J connectivity index is 3.11. The molecular weight excluding hydrogens is 168 g/mol. The van der Waals surface area contributed by atoms with Crippen LogP contribution in [0.1, 0.15) is 36.5 Å². The molecule has 0 bridgehead atoms. The van der Waals surface area contributed by atoms with Crippen molar-refractivity contribution in [2.75, 3.05) is 0 Å². The Morgan fingerprint density at radius 3 is 2.50 bits per heavy atom. The molecule has 0 radical (unpaired) electrons. The molecule has 1 heteroatoms. The first-order chi connectivity index (χ1) is 5.65. The van der Waals surface area contributed by atoms with E-state index in [-0.39, 0.29) is 0 Å². The highest BCUT2D eigenvalue weighted by Crippen LogP contribution is 2.21. The molecular formula is C11H15Cl. The Hall–Kier alpha value is -0.490. The van der Waals surface area contributed by atoms with E-state index in [0.717, 1.165) is 0 Å². The molecule has 0 aliphatic carbocycles. The minimum absolute atomic E-state index is 0.569. The van der Waals surface area contributed by atoms with Crippen LogP contribution >= 0.6 is 11.6 Å². The van der Waals surface area contributed by atoms with Crippen LogP contribution in [0.3, 0.4) is 0 Å². The first kappa shape index (κ1) is 9.60. The summed E-state index contributed by atoms with van der Waals surface area (Å²) in [4.78, 5) is 0. The molecule has 0 saturated heterocycles. The Morgan fingerprint density at radius 2 is 2.00 bits per heavy atom. The van der Waals surface area contributed by atoms with Crippen molar-refractivity contribution in [1.82, 2.24) is 0 Å². The lowest BCUT2D eigenvalue weighted by Gasteiger charge is -2.10. The number of rotatable bonds is 2. The van der Waals surface area contributed by atoms with E-state index in [9.17, 15) is 0 Å². The highest BCUT2D eigenvalue weighted by atomic mass is 35.5. The van der Waals surface area contributed by atoms with Crippen LogP contribution in [0.15, 0.2) is 18.2 Å². The standard InChI is InChI=1S/C11H15Cl/c1-8(2)11-5-4-9(3)6-10(11)7-12/h4-6,8H,7H2,1-3H3. The highest BCUT2D eigenvalue weighted by molar-refractivity contribution is 6.17. The van der Waals surface area contributed by atoms with E-state index in [4.69, 9.17) is 11.6 Å². The van der Waals surface area contributed by atoms with Gasteiger partial charge in [0.15, 0.2) is 0 Å². The molecule has 0 saturated carbocycles. The number of benzene rings is 1. The molecule has 0 aliphatic heterocycles. The van der Waals surface area contributed by atoms with Crippen molar-refractivity contribution >= 4 is 11.6 Å². The van der Waals surface area contributed by atoms with Crippen molar-refractivity contribution in [1.29, 1.82) is 0 Å². The molecule has 0 fully saturated rings. The van der Waals surface area contributed by atoms with Crippen molar-refractivity contribution < 1.29 is 0 Å². The van der Waals surface area contributed by atoms with E-state index in [2.05, 4.69) is 39.0 Å². The van der Waals surface area contributed by atoms with Crippen LogP contribution in [0.2, 0.25) is 0 Å². The van der Waals surface area contributed by atoms with Gasteiger partial charge < -0.3 is 0 Å². The quantitative estimate of drug-likeness (QED) is 0.610. The highest BCUT2D eigenvalue weighted by Gasteiger charge is 2.04. The fraction of sp³-hybridized carbons (Fsp3) is 0.455. The van der Waals surface area contributed by atoms with Gasteiger partial charge in [0.25, 0.3) is 0 Å². The summed E-state index contributed by atoms with van der Waals surface area (Å²) in [6.07, 6.45) is 0. The number of aryl methyl sites for hydroxylation is 1. The third-order valence-corrected chi connectivity index (χ3v) is 2.35. The summed E-state index contributed by atoms with van der Waals surface area (Å²) < 4.78 is 0. The number of halogens is 1. The van der Waals surface area contributed by atoms with E-state index in [0.29, 0.717) is 11.8 Å². The summed E-state index contributed by atoms with van der Waals surface area (Å²) in [5.41, 5.74) is 3.93. The number of hydrogen-bond donors (Lipinski definition) is 0. The Morgan fingerprint density at radius 1 is 1.33 bits per heavy atom. The molecule has 12 heavy (non-hydrogen) atoms. The number of alkyl halides is 1. The average Bonchev–Trinajstić information content (AvgIpc) is 2.03. The van der Waals surface area contributed by atoms with Crippen molar-refractivity contribution in [2.45, 2.75) is 32.6 Å². The zero-order valence-electron chi connectivity index (χ0n) is 7.89. The number of hydrogen-bond acceptors (Lipinski definition) is 0. The molecule has 0 spiro atoms. The smallest absolute Gasteiger partial charge is 0.0476 e. The van der Waals surface area contributed by atoms with Crippen LogP contribution in [0.25, 0.3) is 0 Å². The molecule has 1 rings (SSSR count). The van der Waals surface area contributed by atoms with Crippen molar-refractivity contribution in [3.05, 3.63) is 34.9 Å². The molecule has 0 aromatic heterocycles. The van der Waals surface area contributed by atoms with Crippen LogP contribution in [0, 0.1) is 6.92 Å². The Labute approximate surface area is 79.6 Å². The van der Waals surface area contributed by atoms with Crippen LogP contribution < -0.4 is 0 Å². The lowest BCUT2D eigenvalue weighted by Crippen LogP contribution is -1.94. The van der Waals surface area contributed by atoms with Gasteiger partial charge in [-0.25, -0.2) is 0 Å². The Bertz CT molecular complexity index is 264. The van der Waals surface area contributed by atoms with Gasteiger partial charge in [0.2, 0.25) is 0 Å². The van der Waals surface area contributed by atoms with Crippen molar-refractivity contribution in [2.24, 2.45) is 0 Å². The van der Waals surface area contributed by atoms with E-state index < -0.39 is 0 Å². The van der Waals surface area contributed by atoms with Gasteiger partial charge in [-0.15, -0.1) is 11.6 Å². The molecule has 0 atom stereocenters. The molecule has 0 amide bonds. The summed E-state index contributed by atoms with van der Waals surface area (Å²) in [7, 11) is 0. The van der Waals surface area contributed by atoms with Gasteiger partial charge in [-0.1, -0.05) is 37.6 Å². The van der Waals surface area contributed by atoms with Gasteiger partial charge in [-0.2, -0.15) is 0 Å². The van der Waals surface area contributed by atoms with Gasteiger partial charge in [0, 0.05) is 5.88 Å². The molecule has 1 aromatic rings. The van der Waals surface area contributed by atoms with E-state index >= 15 is 0 Å². The summed E-state index contributed by atoms with van der Waals surface area (Å²) in [6, 6.07) is 6.49. The predicted molar refractivity (Wildman–Crippen MR) is 54.8 cm³/mol. The van der Waals surface area contributed by atoms with Gasteiger partial charge in [-0.3, -0.25) is 0 Å². The largest absolute Gasteiger partial charge is 0.122 e. The SMILES string of the molecule is Cc1ccc(C(C)C)c(CCl)c1. The van der Waals surface area contributed by atoms with E-state index in [1.807, 2.05) is 0 Å². The Kier molecular flexibility index (Phi) is 3.16. The lowest BCUT2D eigenvalue weighted by molar-refractivity contribution is 0.853. The minimum atomic E-state index is 0.569. The molecule has 0 heterocycles. The van der Waals surface area contributed by atoms with Crippen molar-refractivity contribution in [3.63, 3.8) is 0 Å². The average molecular weight is 183 g/mol. The van der Waals surface area contributed by atoms with E-state index in [1.54, 1.807) is 0 Å². The fourth-order valence-corrected chi connectivity index (χ4v) is 1.64. The lowest BCUT2D eigenvalue weighted by atomic mass is 9.96. The zero-order valence-corrected chi connectivity index (χ0v) is 8.65. The first-order valence-corrected chi connectivity index (χ1v) is 4.84. The molecule has 66 valence electrons. The fourth-order valence-electron chi connectivity index (χ4n) is 1.41. The minimum Gasteiger partial charge on any atom is -0.122 e. The van der Waals surface area contributed by atoms with Gasteiger partial charge in [0.05, 0.1) is 0 Å².